The fourth-order valence-electron chi connectivity index (χ4n) is 6.74. The van der Waals surface area contributed by atoms with Crippen molar-refractivity contribution in [3.8, 4) is 39.1 Å². The average Bonchev–Trinajstić information content (AvgIpc) is 3.65. The molecule has 9 aromatic rings. The fourth-order valence-corrected chi connectivity index (χ4v) is 8.08. The number of para-hydroxylation sites is 2. The third-order valence-electron chi connectivity index (χ3n) is 8.82. The number of nitrogens with zero attached hydrogens (tertiary/aromatic N) is 1. The molecule has 2 heteroatoms. The second-order valence-corrected chi connectivity index (χ2v) is 12.4. The standard InChI is InChI=1S/C42H27NS/c1-2-11-28(12-3-1)29-23-25-30(26-24-29)31-13-8-14-32(27-31)33-17-9-18-36-37-19-10-22-40(42(37)44-41(33)36)43-38-20-6-4-15-34(38)35-16-5-7-21-39(35)43/h1-27H. The van der Waals surface area contributed by atoms with Crippen LogP contribution < -0.4 is 0 Å². The highest BCUT2D eigenvalue weighted by Crippen LogP contribution is 2.44. The lowest BCUT2D eigenvalue weighted by molar-refractivity contribution is 1.20. The molecular formula is C42H27NS. The third kappa shape index (κ3) is 3.92. The molecule has 9 rings (SSSR count). The van der Waals surface area contributed by atoms with Gasteiger partial charge in [0.2, 0.25) is 0 Å². The van der Waals surface area contributed by atoms with E-state index in [4.69, 9.17) is 0 Å². The summed E-state index contributed by atoms with van der Waals surface area (Å²) >= 11 is 1.91. The predicted octanol–water partition coefficient (Wildman–Crippen LogP) is 12.2. The Morgan fingerprint density at radius 3 is 1.57 bits per heavy atom. The van der Waals surface area contributed by atoms with Crippen molar-refractivity contribution >= 4 is 53.3 Å². The van der Waals surface area contributed by atoms with Gasteiger partial charge in [-0.2, -0.15) is 0 Å². The molecule has 0 amide bonds. The minimum absolute atomic E-state index is 1.23. The van der Waals surface area contributed by atoms with Gasteiger partial charge in [0.15, 0.2) is 0 Å². The quantitative estimate of drug-likeness (QED) is 0.196. The van der Waals surface area contributed by atoms with Crippen LogP contribution in [0.1, 0.15) is 0 Å². The van der Waals surface area contributed by atoms with Crippen molar-refractivity contribution in [2.24, 2.45) is 0 Å². The Bertz CT molecular complexity index is 2430. The zero-order chi connectivity index (χ0) is 29.0. The number of hydrogen-bond acceptors (Lipinski definition) is 1. The molecule has 0 fully saturated rings. The van der Waals surface area contributed by atoms with Gasteiger partial charge in [0.1, 0.15) is 0 Å². The minimum Gasteiger partial charge on any atom is -0.308 e. The molecule has 206 valence electrons. The number of aromatic nitrogens is 1. The van der Waals surface area contributed by atoms with Gasteiger partial charge < -0.3 is 4.57 Å². The lowest BCUT2D eigenvalue weighted by atomic mass is 9.96. The zero-order valence-electron chi connectivity index (χ0n) is 23.9. The van der Waals surface area contributed by atoms with Crippen molar-refractivity contribution in [1.82, 2.24) is 4.57 Å². The Kier molecular flexibility index (Phi) is 5.75. The van der Waals surface area contributed by atoms with Crippen LogP contribution >= 0.6 is 11.3 Å². The molecule has 1 nitrogen and oxygen atoms in total. The maximum Gasteiger partial charge on any atom is 0.0640 e. The van der Waals surface area contributed by atoms with Crippen LogP contribution in [0, 0.1) is 0 Å². The highest BCUT2D eigenvalue weighted by Gasteiger charge is 2.17. The molecule has 0 atom stereocenters. The second kappa shape index (κ2) is 10.1. The number of rotatable bonds is 4. The van der Waals surface area contributed by atoms with E-state index in [1.807, 2.05) is 11.3 Å². The van der Waals surface area contributed by atoms with Gasteiger partial charge in [-0.15, -0.1) is 11.3 Å². The van der Waals surface area contributed by atoms with Crippen LogP contribution in [0.3, 0.4) is 0 Å². The fraction of sp³-hybridized carbons (Fsp3) is 0. The summed E-state index contributed by atoms with van der Waals surface area (Å²) in [5.41, 5.74) is 11.2. The third-order valence-corrected chi connectivity index (χ3v) is 10.1. The van der Waals surface area contributed by atoms with Crippen LogP contribution in [0.25, 0.3) is 81.0 Å². The van der Waals surface area contributed by atoms with Gasteiger partial charge in [-0.1, -0.05) is 140 Å². The summed E-state index contributed by atoms with van der Waals surface area (Å²) in [5.74, 6) is 0. The second-order valence-electron chi connectivity index (χ2n) is 11.3. The highest BCUT2D eigenvalue weighted by molar-refractivity contribution is 7.26. The van der Waals surface area contributed by atoms with Crippen molar-refractivity contribution < 1.29 is 0 Å². The monoisotopic (exact) mass is 577 g/mol. The molecule has 7 aromatic carbocycles. The summed E-state index contributed by atoms with van der Waals surface area (Å²) in [4.78, 5) is 0. The topological polar surface area (TPSA) is 4.93 Å². The summed E-state index contributed by atoms with van der Waals surface area (Å²) in [5, 5.41) is 5.19. The van der Waals surface area contributed by atoms with Crippen LogP contribution in [-0.2, 0) is 0 Å². The Hall–Kier alpha value is -5.44. The largest absolute Gasteiger partial charge is 0.308 e. The van der Waals surface area contributed by atoms with Crippen molar-refractivity contribution in [1.29, 1.82) is 0 Å². The Morgan fingerprint density at radius 1 is 0.341 bits per heavy atom. The van der Waals surface area contributed by atoms with Gasteiger partial charge in [0.25, 0.3) is 0 Å². The summed E-state index contributed by atoms with van der Waals surface area (Å²) in [6.07, 6.45) is 0. The zero-order valence-corrected chi connectivity index (χ0v) is 24.8. The van der Waals surface area contributed by atoms with Gasteiger partial charge in [0.05, 0.1) is 21.4 Å². The minimum atomic E-state index is 1.23. The van der Waals surface area contributed by atoms with Crippen LogP contribution in [0.5, 0.6) is 0 Å². The summed E-state index contributed by atoms with van der Waals surface area (Å²) in [7, 11) is 0. The SMILES string of the molecule is c1ccc(-c2ccc(-c3cccc(-c4cccc5c4sc4c(-n6c7ccccc7c7ccccc76)cccc45)c3)cc2)cc1. The van der Waals surface area contributed by atoms with E-state index in [-0.39, 0.29) is 0 Å². The Morgan fingerprint density at radius 2 is 0.841 bits per heavy atom. The molecule has 0 radical (unpaired) electrons. The first-order valence-corrected chi connectivity index (χ1v) is 15.8. The number of thiophene rings is 1. The molecule has 0 aliphatic carbocycles. The van der Waals surface area contributed by atoms with Crippen LogP contribution in [0.15, 0.2) is 164 Å². The Balaban J connectivity index is 1.20. The van der Waals surface area contributed by atoms with E-state index >= 15 is 0 Å². The van der Waals surface area contributed by atoms with Gasteiger partial charge in [-0.3, -0.25) is 0 Å². The first kappa shape index (κ1) is 25.1. The molecule has 0 aliphatic heterocycles. The smallest absolute Gasteiger partial charge is 0.0640 e. The van der Waals surface area contributed by atoms with E-state index in [9.17, 15) is 0 Å². The normalized spacial score (nSPS) is 11.6. The Labute approximate surface area is 259 Å². The molecule has 0 unspecified atom stereocenters. The lowest BCUT2D eigenvalue weighted by Crippen LogP contribution is -1.93. The molecule has 0 spiro atoms. The summed E-state index contributed by atoms with van der Waals surface area (Å²) < 4.78 is 5.09. The number of fused-ring (bicyclic) bond motifs is 6. The molecule has 2 heterocycles. The van der Waals surface area contributed by atoms with E-state index in [2.05, 4.69) is 168 Å². The van der Waals surface area contributed by atoms with E-state index in [0.29, 0.717) is 0 Å². The highest BCUT2D eigenvalue weighted by atomic mass is 32.1. The maximum atomic E-state index is 2.45. The van der Waals surface area contributed by atoms with Crippen molar-refractivity contribution in [2.45, 2.75) is 0 Å². The molecule has 0 N–H and O–H groups in total. The molecule has 0 bridgehead atoms. The molecule has 0 saturated heterocycles. The molecule has 44 heavy (non-hydrogen) atoms. The maximum absolute atomic E-state index is 2.45. The van der Waals surface area contributed by atoms with Gasteiger partial charge >= 0.3 is 0 Å². The van der Waals surface area contributed by atoms with E-state index in [1.165, 1.54) is 81.0 Å². The summed E-state index contributed by atoms with van der Waals surface area (Å²) in [6, 6.07) is 59.5. The van der Waals surface area contributed by atoms with Crippen molar-refractivity contribution in [2.75, 3.05) is 0 Å². The number of benzene rings is 7. The molecule has 0 aliphatic rings. The molecule has 2 aromatic heterocycles. The van der Waals surface area contributed by atoms with E-state index in [0.717, 1.165) is 0 Å². The van der Waals surface area contributed by atoms with Gasteiger partial charge in [-0.25, -0.2) is 0 Å². The van der Waals surface area contributed by atoms with Gasteiger partial charge in [-0.05, 0) is 57.6 Å². The molecule has 0 saturated carbocycles. The van der Waals surface area contributed by atoms with Crippen molar-refractivity contribution in [3.63, 3.8) is 0 Å². The van der Waals surface area contributed by atoms with Crippen LogP contribution in [0.2, 0.25) is 0 Å². The molecular weight excluding hydrogens is 551 g/mol. The number of hydrogen-bond donors (Lipinski definition) is 0. The lowest BCUT2D eigenvalue weighted by Gasteiger charge is -2.09. The first-order valence-electron chi connectivity index (χ1n) is 15.0. The van der Waals surface area contributed by atoms with E-state index in [1.54, 1.807) is 0 Å². The first-order chi connectivity index (χ1) is 21.8. The van der Waals surface area contributed by atoms with Crippen molar-refractivity contribution in [3.05, 3.63) is 164 Å². The van der Waals surface area contributed by atoms with Crippen LogP contribution in [0.4, 0.5) is 0 Å². The van der Waals surface area contributed by atoms with E-state index < -0.39 is 0 Å². The average molecular weight is 578 g/mol. The summed E-state index contributed by atoms with van der Waals surface area (Å²) in [6.45, 7) is 0. The van der Waals surface area contributed by atoms with Gasteiger partial charge in [0, 0.05) is 26.2 Å². The predicted molar refractivity (Wildman–Crippen MR) is 190 cm³/mol. The van der Waals surface area contributed by atoms with Crippen LogP contribution in [-0.4, -0.2) is 4.57 Å².